The van der Waals surface area contributed by atoms with Gasteiger partial charge in [0.05, 0.1) is 28.8 Å². The van der Waals surface area contributed by atoms with Crippen molar-refractivity contribution in [2.75, 3.05) is 5.73 Å². The van der Waals surface area contributed by atoms with Crippen molar-refractivity contribution in [1.29, 1.82) is 0 Å². The largest absolute Gasteiger partial charge is 0.393 e. The van der Waals surface area contributed by atoms with Gasteiger partial charge in [-0.25, -0.2) is 0 Å². The summed E-state index contributed by atoms with van der Waals surface area (Å²) < 4.78 is 1.36. The van der Waals surface area contributed by atoms with Gasteiger partial charge < -0.3 is 15.8 Å². The third-order valence-electron chi connectivity index (χ3n) is 2.45. The van der Waals surface area contributed by atoms with E-state index in [1.165, 1.54) is 35.1 Å². The van der Waals surface area contributed by atoms with Crippen LogP contribution in [-0.2, 0) is 6.54 Å². The number of anilines is 1. The Balaban J connectivity index is 2.21. The Kier molecular flexibility index (Phi) is 3.10. The Bertz CT molecular complexity index is 651. The average molecular weight is 263 g/mol. The van der Waals surface area contributed by atoms with Gasteiger partial charge >= 0.3 is 5.82 Å². The van der Waals surface area contributed by atoms with Gasteiger partial charge in [0.25, 0.3) is 5.69 Å². The van der Waals surface area contributed by atoms with Crippen LogP contribution in [0.5, 0.6) is 0 Å². The molecule has 0 amide bonds. The molecular formula is C10H9N5O4. The van der Waals surface area contributed by atoms with Crippen LogP contribution in [0.4, 0.5) is 17.2 Å². The SMILES string of the molecule is Nc1cc(Cn2ccc([N+](=O)[O-])n2)ccc1[N+](=O)[O-]. The summed E-state index contributed by atoms with van der Waals surface area (Å²) in [5.74, 6) is -0.255. The maximum atomic E-state index is 10.6. The second kappa shape index (κ2) is 4.72. The molecule has 2 aromatic rings. The summed E-state index contributed by atoms with van der Waals surface area (Å²) in [5.41, 5.74) is 6.09. The highest BCUT2D eigenvalue weighted by atomic mass is 16.6. The van der Waals surface area contributed by atoms with E-state index >= 15 is 0 Å². The molecule has 2 rings (SSSR count). The van der Waals surface area contributed by atoms with Crippen molar-refractivity contribution in [1.82, 2.24) is 9.78 Å². The van der Waals surface area contributed by atoms with Crippen LogP contribution in [-0.4, -0.2) is 19.6 Å². The lowest BCUT2D eigenvalue weighted by atomic mass is 10.2. The number of rotatable bonds is 4. The average Bonchev–Trinajstić information content (AvgIpc) is 2.77. The lowest BCUT2D eigenvalue weighted by molar-refractivity contribution is -0.389. The van der Waals surface area contributed by atoms with E-state index in [0.29, 0.717) is 5.56 Å². The fourth-order valence-electron chi connectivity index (χ4n) is 1.59. The summed E-state index contributed by atoms with van der Waals surface area (Å²) in [6.45, 7) is 0.246. The first-order chi connectivity index (χ1) is 8.97. The number of nitrogen functional groups attached to an aromatic ring is 1. The maximum Gasteiger partial charge on any atom is 0.389 e. The Morgan fingerprint density at radius 1 is 1.21 bits per heavy atom. The van der Waals surface area contributed by atoms with Crippen molar-refractivity contribution >= 4 is 17.2 Å². The zero-order valence-corrected chi connectivity index (χ0v) is 9.59. The molecule has 2 N–H and O–H groups in total. The van der Waals surface area contributed by atoms with E-state index in [0.717, 1.165) is 0 Å². The topological polar surface area (TPSA) is 130 Å². The van der Waals surface area contributed by atoms with E-state index in [1.54, 1.807) is 0 Å². The molecule has 0 saturated heterocycles. The lowest BCUT2D eigenvalue weighted by Crippen LogP contribution is -2.03. The summed E-state index contributed by atoms with van der Waals surface area (Å²) in [5, 5.41) is 24.8. The number of aromatic nitrogens is 2. The molecule has 19 heavy (non-hydrogen) atoms. The van der Waals surface area contributed by atoms with Crippen molar-refractivity contribution in [2.24, 2.45) is 0 Å². The first-order valence-corrected chi connectivity index (χ1v) is 5.18. The second-order valence-corrected chi connectivity index (χ2v) is 3.78. The maximum absolute atomic E-state index is 10.6. The molecule has 0 radical (unpaired) electrons. The first-order valence-electron chi connectivity index (χ1n) is 5.18. The highest BCUT2D eigenvalue weighted by molar-refractivity contribution is 5.59. The van der Waals surface area contributed by atoms with Crippen molar-refractivity contribution in [3.63, 3.8) is 0 Å². The second-order valence-electron chi connectivity index (χ2n) is 3.78. The Labute approximate surface area is 106 Å². The van der Waals surface area contributed by atoms with Gasteiger partial charge in [0.15, 0.2) is 0 Å². The molecule has 1 aromatic heterocycles. The third-order valence-corrected chi connectivity index (χ3v) is 2.45. The number of nitro benzene ring substituents is 1. The number of nitrogens with zero attached hydrogens (tertiary/aromatic N) is 4. The molecular weight excluding hydrogens is 254 g/mol. The van der Waals surface area contributed by atoms with Gasteiger partial charge in [-0.1, -0.05) is 6.07 Å². The molecule has 98 valence electrons. The van der Waals surface area contributed by atoms with E-state index in [4.69, 9.17) is 5.73 Å². The molecule has 0 unspecified atom stereocenters. The zero-order chi connectivity index (χ0) is 14.0. The molecule has 1 heterocycles. The van der Waals surface area contributed by atoms with Gasteiger partial charge in [0, 0.05) is 6.07 Å². The van der Waals surface area contributed by atoms with Crippen molar-refractivity contribution in [3.05, 3.63) is 56.3 Å². The molecule has 0 fully saturated rings. The van der Waals surface area contributed by atoms with E-state index in [2.05, 4.69) is 5.10 Å². The fourth-order valence-corrected chi connectivity index (χ4v) is 1.59. The number of nitrogens with two attached hydrogens (primary N) is 1. The summed E-state index contributed by atoms with van der Waals surface area (Å²) in [6.07, 6.45) is 1.45. The zero-order valence-electron chi connectivity index (χ0n) is 9.59. The van der Waals surface area contributed by atoms with Crippen LogP contribution in [0.1, 0.15) is 5.56 Å². The summed E-state index contributed by atoms with van der Waals surface area (Å²) in [6, 6.07) is 5.55. The molecule has 0 aliphatic heterocycles. The number of hydrogen-bond acceptors (Lipinski definition) is 6. The van der Waals surface area contributed by atoms with E-state index in [1.807, 2.05) is 0 Å². The lowest BCUT2D eigenvalue weighted by Gasteiger charge is -2.01. The van der Waals surface area contributed by atoms with Crippen molar-refractivity contribution in [2.45, 2.75) is 6.54 Å². The quantitative estimate of drug-likeness (QED) is 0.503. The minimum Gasteiger partial charge on any atom is -0.393 e. The fraction of sp³-hybridized carbons (Fsp3) is 0.100. The van der Waals surface area contributed by atoms with Crippen LogP contribution >= 0.6 is 0 Å². The third kappa shape index (κ3) is 2.65. The van der Waals surface area contributed by atoms with Crippen LogP contribution in [0.25, 0.3) is 0 Å². The minimum absolute atomic E-state index is 0.0455. The summed E-state index contributed by atoms with van der Waals surface area (Å²) >= 11 is 0. The Morgan fingerprint density at radius 3 is 2.47 bits per heavy atom. The van der Waals surface area contributed by atoms with E-state index in [-0.39, 0.29) is 23.7 Å². The van der Waals surface area contributed by atoms with Crippen LogP contribution in [0.3, 0.4) is 0 Å². The molecule has 1 aromatic carbocycles. The predicted octanol–water partition coefficient (Wildman–Crippen LogP) is 1.33. The van der Waals surface area contributed by atoms with E-state index < -0.39 is 9.85 Å². The van der Waals surface area contributed by atoms with Gasteiger partial charge in [-0.3, -0.25) is 10.1 Å². The smallest absolute Gasteiger partial charge is 0.389 e. The number of nitro groups is 2. The molecule has 0 spiro atoms. The summed E-state index contributed by atoms with van der Waals surface area (Å²) in [7, 11) is 0. The predicted molar refractivity (Wildman–Crippen MR) is 65.5 cm³/mol. The van der Waals surface area contributed by atoms with Gasteiger partial charge in [0.2, 0.25) is 0 Å². The van der Waals surface area contributed by atoms with Crippen LogP contribution in [0.15, 0.2) is 30.5 Å². The molecule has 9 nitrogen and oxygen atoms in total. The first kappa shape index (κ1) is 12.5. The van der Waals surface area contributed by atoms with Crippen molar-refractivity contribution < 1.29 is 9.85 Å². The molecule has 9 heteroatoms. The van der Waals surface area contributed by atoms with Crippen LogP contribution < -0.4 is 5.73 Å². The van der Waals surface area contributed by atoms with Gasteiger partial charge in [-0.2, -0.15) is 4.68 Å². The highest BCUT2D eigenvalue weighted by Crippen LogP contribution is 2.22. The van der Waals surface area contributed by atoms with Crippen LogP contribution in [0, 0.1) is 20.2 Å². The van der Waals surface area contributed by atoms with E-state index in [9.17, 15) is 20.2 Å². The molecule has 0 saturated carbocycles. The standard InChI is InChI=1S/C10H9N5O4/c11-8-5-7(1-2-9(8)14(16)17)6-13-4-3-10(12-13)15(18)19/h1-5H,6,11H2. The Morgan fingerprint density at radius 2 is 1.95 bits per heavy atom. The van der Waals surface area contributed by atoms with Gasteiger partial charge in [-0.15, -0.1) is 0 Å². The molecule has 0 atom stereocenters. The highest BCUT2D eigenvalue weighted by Gasteiger charge is 2.14. The number of benzene rings is 1. The molecule has 0 aliphatic rings. The molecule has 0 bridgehead atoms. The Hall–Kier alpha value is -2.97. The van der Waals surface area contributed by atoms with Gasteiger partial charge in [-0.05, 0) is 16.6 Å². The normalized spacial score (nSPS) is 10.3. The summed E-state index contributed by atoms with van der Waals surface area (Å²) in [4.78, 5) is 19.9. The minimum atomic E-state index is -0.597. The van der Waals surface area contributed by atoms with Crippen LogP contribution in [0.2, 0.25) is 0 Å². The monoisotopic (exact) mass is 263 g/mol. The van der Waals surface area contributed by atoms with Crippen molar-refractivity contribution in [3.8, 4) is 0 Å². The van der Waals surface area contributed by atoms with Gasteiger partial charge in [0.1, 0.15) is 5.69 Å². The number of hydrogen-bond donors (Lipinski definition) is 1. The molecule has 0 aliphatic carbocycles.